The Morgan fingerprint density at radius 3 is 2.86 bits per heavy atom. The molecule has 6 nitrogen and oxygen atoms in total. The maximum Gasteiger partial charge on any atom is 0.253 e. The lowest BCUT2D eigenvalue weighted by Crippen LogP contribution is -2.27. The van der Waals surface area contributed by atoms with Crippen molar-refractivity contribution in [2.24, 2.45) is 0 Å². The quantitative estimate of drug-likeness (QED) is 0.841. The van der Waals surface area contributed by atoms with Gasteiger partial charge in [0.1, 0.15) is 0 Å². The summed E-state index contributed by atoms with van der Waals surface area (Å²) in [4.78, 5) is 16.4. The van der Waals surface area contributed by atoms with Crippen LogP contribution in [-0.2, 0) is 0 Å². The Hall–Kier alpha value is -2.76. The van der Waals surface area contributed by atoms with Gasteiger partial charge in [0.2, 0.25) is 6.79 Å². The highest BCUT2D eigenvalue weighted by Gasteiger charge is 2.20. The van der Waals surface area contributed by atoms with Crippen molar-refractivity contribution in [1.82, 2.24) is 10.3 Å². The number of pyridine rings is 1. The van der Waals surface area contributed by atoms with Crippen LogP contribution in [0.1, 0.15) is 28.9 Å². The summed E-state index contributed by atoms with van der Waals surface area (Å²) in [7, 11) is 0. The maximum absolute atomic E-state index is 12.3. The van der Waals surface area contributed by atoms with Crippen LogP contribution in [-0.4, -0.2) is 17.7 Å². The normalized spacial score (nSPS) is 13.8. The van der Waals surface area contributed by atoms with E-state index in [0.29, 0.717) is 22.7 Å². The second-order valence-corrected chi connectivity index (χ2v) is 4.77. The number of ether oxygens (including phenoxy) is 2. The molecule has 1 aliphatic rings. The van der Waals surface area contributed by atoms with Crippen LogP contribution in [0.4, 0.5) is 5.69 Å². The summed E-state index contributed by atoms with van der Waals surface area (Å²) in [5.74, 6) is 0.829. The van der Waals surface area contributed by atoms with Crippen LogP contribution in [0.3, 0.4) is 0 Å². The van der Waals surface area contributed by atoms with Crippen LogP contribution in [0.25, 0.3) is 0 Å². The van der Waals surface area contributed by atoms with E-state index in [0.717, 1.165) is 5.56 Å². The van der Waals surface area contributed by atoms with Crippen molar-refractivity contribution in [3.8, 4) is 11.5 Å². The zero-order valence-corrected chi connectivity index (χ0v) is 11.5. The number of carbonyl (C=O) groups is 1. The lowest BCUT2D eigenvalue weighted by molar-refractivity contribution is 0.0940. The molecule has 21 heavy (non-hydrogen) atoms. The number of hydrogen-bond acceptors (Lipinski definition) is 5. The van der Waals surface area contributed by atoms with Crippen LogP contribution in [0.2, 0.25) is 0 Å². The van der Waals surface area contributed by atoms with E-state index < -0.39 is 0 Å². The highest BCUT2D eigenvalue weighted by molar-refractivity contribution is 6.00. The summed E-state index contributed by atoms with van der Waals surface area (Å²) in [6, 6.07) is 6.76. The topological polar surface area (TPSA) is 86.5 Å². The Bertz CT molecular complexity index is 673. The molecule has 2 heterocycles. The predicted octanol–water partition coefficient (Wildman–Crippen LogP) is 1.88. The van der Waals surface area contributed by atoms with Crippen molar-refractivity contribution in [3.05, 3.63) is 47.8 Å². The zero-order chi connectivity index (χ0) is 14.8. The molecule has 0 spiro atoms. The number of aromatic nitrogens is 1. The molecule has 1 aliphatic heterocycles. The summed E-state index contributed by atoms with van der Waals surface area (Å²) in [6.07, 6.45) is 3.40. The first-order valence-corrected chi connectivity index (χ1v) is 6.55. The Morgan fingerprint density at radius 1 is 1.38 bits per heavy atom. The molecule has 1 atom stereocenters. The van der Waals surface area contributed by atoms with Gasteiger partial charge >= 0.3 is 0 Å². The van der Waals surface area contributed by atoms with Gasteiger partial charge in [0.05, 0.1) is 11.6 Å². The van der Waals surface area contributed by atoms with Crippen LogP contribution >= 0.6 is 0 Å². The van der Waals surface area contributed by atoms with E-state index >= 15 is 0 Å². The van der Waals surface area contributed by atoms with Gasteiger partial charge in [-0.3, -0.25) is 9.78 Å². The third-order valence-corrected chi connectivity index (χ3v) is 3.32. The molecule has 0 aliphatic carbocycles. The fourth-order valence-corrected chi connectivity index (χ4v) is 2.14. The first-order valence-electron chi connectivity index (χ1n) is 6.55. The van der Waals surface area contributed by atoms with E-state index in [1.165, 1.54) is 0 Å². The lowest BCUT2D eigenvalue weighted by atomic mass is 10.1. The number of nitrogens with one attached hydrogen (secondary N) is 1. The van der Waals surface area contributed by atoms with Crippen molar-refractivity contribution in [3.63, 3.8) is 0 Å². The molecule has 108 valence electrons. The first-order chi connectivity index (χ1) is 10.1. The number of benzene rings is 1. The number of nitrogens with two attached hydrogens (primary N) is 1. The van der Waals surface area contributed by atoms with Crippen molar-refractivity contribution < 1.29 is 14.3 Å². The van der Waals surface area contributed by atoms with Gasteiger partial charge in [0.15, 0.2) is 11.5 Å². The van der Waals surface area contributed by atoms with Gasteiger partial charge < -0.3 is 20.5 Å². The Morgan fingerprint density at radius 2 is 2.14 bits per heavy atom. The van der Waals surface area contributed by atoms with Gasteiger partial charge in [-0.2, -0.15) is 0 Å². The minimum Gasteiger partial charge on any atom is -0.454 e. The summed E-state index contributed by atoms with van der Waals surface area (Å²) >= 11 is 0. The number of amides is 1. The minimum atomic E-state index is -0.262. The largest absolute Gasteiger partial charge is 0.454 e. The summed E-state index contributed by atoms with van der Waals surface area (Å²) in [6.45, 7) is 2.03. The number of nitrogens with zero attached hydrogens (tertiary/aromatic N) is 1. The van der Waals surface area contributed by atoms with Gasteiger partial charge in [0.25, 0.3) is 5.91 Å². The molecule has 3 N–H and O–H groups in total. The summed E-state index contributed by atoms with van der Waals surface area (Å²) < 4.78 is 10.5. The molecule has 3 rings (SSSR count). The van der Waals surface area contributed by atoms with E-state index in [2.05, 4.69) is 10.3 Å². The van der Waals surface area contributed by atoms with Crippen molar-refractivity contribution in [2.45, 2.75) is 13.0 Å². The van der Waals surface area contributed by atoms with Crippen molar-refractivity contribution in [2.75, 3.05) is 12.5 Å². The van der Waals surface area contributed by atoms with E-state index in [1.807, 2.05) is 19.1 Å². The third kappa shape index (κ3) is 2.60. The van der Waals surface area contributed by atoms with Gasteiger partial charge in [-0.25, -0.2) is 0 Å². The molecule has 6 heteroatoms. The number of hydrogen-bond donors (Lipinski definition) is 2. The van der Waals surface area contributed by atoms with Crippen LogP contribution < -0.4 is 20.5 Å². The van der Waals surface area contributed by atoms with E-state index in [4.69, 9.17) is 15.2 Å². The molecule has 1 aromatic heterocycles. The Kier molecular flexibility index (Phi) is 3.35. The van der Waals surface area contributed by atoms with Crippen LogP contribution in [0, 0.1) is 0 Å². The molecule has 0 fully saturated rings. The molecule has 0 radical (unpaired) electrons. The Labute approximate surface area is 121 Å². The standard InChI is InChI=1S/C15H15N3O3/c1-9(10-3-2-4-17-7-10)18-15(19)11-5-13-14(6-12(11)16)21-8-20-13/h2-7,9H,8,16H2,1H3,(H,18,19). The van der Waals surface area contributed by atoms with Gasteiger partial charge in [-0.15, -0.1) is 0 Å². The molecule has 1 aromatic carbocycles. The summed E-state index contributed by atoms with van der Waals surface area (Å²) in [5, 5.41) is 2.89. The Balaban J connectivity index is 1.80. The zero-order valence-electron chi connectivity index (χ0n) is 11.5. The fraction of sp³-hybridized carbons (Fsp3) is 0.200. The summed E-state index contributed by atoms with van der Waals surface area (Å²) in [5.41, 5.74) is 7.55. The second kappa shape index (κ2) is 5.32. The first kappa shape index (κ1) is 13.2. The van der Waals surface area contributed by atoms with Gasteiger partial charge in [-0.05, 0) is 24.6 Å². The molecule has 0 saturated heterocycles. The monoisotopic (exact) mass is 285 g/mol. The highest BCUT2D eigenvalue weighted by atomic mass is 16.7. The number of rotatable bonds is 3. The molecular formula is C15H15N3O3. The number of nitrogen functional groups attached to an aromatic ring is 1. The van der Waals surface area contributed by atoms with Crippen molar-refractivity contribution in [1.29, 1.82) is 0 Å². The third-order valence-electron chi connectivity index (χ3n) is 3.32. The molecule has 0 saturated carbocycles. The minimum absolute atomic E-state index is 0.145. The smallest absolute Gasteiger partial charge is 0.253 e. The molecule has 1 amide bonds. The van der Waals surface area contributed by atoms with E-state index in [9.17, 15) is 4.79 Å². The number of carbonyl (C=O) groups excluding carboxylic acids is 1. The average Bonchev–Trinajstić information content (AvgIpc) is 2.94. The lowest BCUT2D eigenvalue weighted by Gasteiger charge is -2.15. The molecule has 1 unspecified atom stereocenters. The maximum atomic E-state index is 12.3. The average molecular weight is 285 g/mol. The second-order valence-electron chi connectivity index (χ2n) is 4.77. The van der Waals surface area contributed by atoms with Crippen LogP contribution in [0.15, 0.2) is 36.7 Å². The SMILES string of the molecule is CC(NC(=O)c1cc2c(cc1N)OCO2)c1cccnc1. The highest BCUT2D eigenvalue weighted by Crippen LogP contribution is 2.36. The molecule has 2 aromatic rings. The fourth-order valence-electron chi connectivity index (χ4n) is 2.14. The van der Waals surface area contributed by atoms with Crippen molar-refractivity contribution >= 4 is 11.6 Å². The molecule has 0 bridgehead atoms. The predicted molar refractivity (Wildman–Crippen MR) is 77.1 cm³/mol. The van der Waals surface area contributed by atoms with Gasteiger partial charge in [-0.1, -0.05) is 6.07 Å². The number of fused-ring (bicyclic) bond motifs is 1. The van der Waals surface area contributed by atoms with E-state index in [1.54, 1.807) is 24.5 Å². The van der Waals surface area contributed by atoms with Crippen LogP contribution in [0.5, 0.6) is 11.5 Å². The van der Waals surface area contributed by atoms with Gasteiger partial charge in [0, 0.05) is 24.1 Å². The molecular weight excluding hydrogens is 270 g/mol. The van der Waals surface area contributed by atoms with E-state index in [-0.39, 0.29) is 18.7 Å². The number of anilines is 1.